The van der Waals surface area contributed by atoms with E-state index in [1.807, 2.05) is 13.8 Å². The van der Waals surface area contributed by atoms with Gasteiger partial charge in [0.05, 0.1) is 19.0 Å². The Morgan fingerprint density at radius 1 is 1.26 bits per heavy atom. The van der Waals surface area contributed by atoms with Gasteiger partial charge in [-0.25, -0.2) is 9.37 Å². The van der Waals surface area contributed by atoms with E-state index in [1.165, 1.54) is 12.3 Å². The van der Waals surface area contributed by atoms with Crippen molar-refractivity contribution in [2.75, 3.05) is 31.6 Å². The highest BCUT2D eigenvalue weighted by Crippen LogP contribution is 2.26. The predicted molar refractivity (Wildman–Crippen MR) is 134 cm³/mol. The summed E-state index contributed by atoms with van der Waals surface area (Å²) in [5.74, 6) is 1.000. The van der Waals surface area contributed by atoms with Crippen molar-refractivity contribution < 1.29 is 9.13 Å². The van der Waals surface area contributed by atoms with E-state index in [0.717, 1.165) is 50.9 Å². The number of halogens is 1. The largest absolute Gasteiger partial charge is 0.497 e. The van der Waals surface area contributed by atoms with E-state index < -0.39 is 5.82 Å². The van der Waals surface area contributed by atoms with E-state index in [4.69, 9.17) is 9.72 Å². The molecule has 1 aliphatic carbocycles. The van der Waals surface area contributed by atoms with Crippen molar-refractivity contribution in [2.45, 2.75) is 52.1 Å². The molecule has 0 radical (unpaired) electrons. The Hall–Kier alpha value is -3.00. The van der Waals surface area contributed by atoms with Crippen molar-refractivity contribution in [3.63, 3.8) is 0 Å². The molecule has 34 heavy (non-hydrogen) atoms. The van der Waals surface area contributed by atoms with Crippen LogP contribution in [0.15, 0.2) is 53.3 Å². The van der Waals surface area contributed by atoms with Crippen molar-refractivity contribution in [3.05, 3.63) is 64.7 Å². The molecule has 2 aromatic rings. The second-order valence-corrected chi connectivity index (χ2v) is 8.25. The van der Waals surface area contributed by atoms with Crippen molar-refractivity contribution in [2.24, 2.45) is 7.05 Å². The first kappa shape index (κ1) is 25.6. The van der Waals surface area contributed by atoms with Gasteiger partial charge >= 0.3 is 0 Å². The number of piperazine rings is 1. The number of allylic oxidation sites excluding steroid dienone is 2. The molecule has 184 valence electrons. The van der Waals surface area contributed by atoms with Crippen molar-refractivity contribution >= 4 is 5.95 Å². The van der Waals surface area contributed by atoms with E-state index in [-0.39, 0.29) is 11.1 Å². The number of hydrogen-bond donors (Lipinski definition) is 0. The second kappa shape index (κ2) is 11.9. The number of anilines is 1. The average molecular weight is 470 g/mol. The molecule has 2 atom stereocenters. The first-order valence-corrected chi connectivity index (χ1v) is 12.1. The number of ether oxygens (including phenoxy) is 1. The molecular formula is C26H36FN5O2. The molecule has 0 aromatic carbocycles. The molecule has 1 aliphatic heterocycles. The highest BCUT2D eigenvalue weighted by molar-refractivity contribution is 5.60. The van der Waals surface area contributed by atoms with Gasteiger partial charge in [-0.3, -0.25) is 19.2 Å². The number of rotatable bonds is 5. The fourth-order valence-electron chi connectivity index (χ4n) is 4.58. The van der Waals surface area contributed by atoms with Gasteiger partial charge in [0.25, 0.3) is 5.56 Å². The molecule has 4 rings (SSSR count). The van der Waals surface area contributed by atoms with Gasteiger partial charge < -0.3 is 9.64 Å². The summed E-state index contributed by atoms with van der Waals surface area (Å²) in [6.07, 6.45) is 12.1. The summed E-state index contributed by atoms with van der Waals surface area (Å²) >= 11 is 0. The Morgan fingerprint density at radius 3 is 2.76 bits per heavy atom. The molecule has 3 heterocycles. The maximum Gasteiger partial charge on any atom is 0.255 e. The summed E-state index contributed by atoms with van der Waals surface area (Å²) in [7, 11) is 3.42. The smallest absolute Gasteiger partial charge is 0.255 e. The van der Waals surface area contributed by atoms with E-state index in [1.54, 1.807) is 24.8 Å². The summed E-state index contributed by atoms with van der Waals surface area (Å²) in [5.41, 5.74) is 0.416. The lowest BCUT2D eigenvalue weighted by atomic mass is 10.0. The molecule has 1 saturated heterocycles. The molecule has 0 saturated carbocycles. The van der Waals surface area contributed by atoms with Crippen LogP contribution < -0.4 is 10.5 Å². The summed E-state index contributed by atoms with van der Waals surface area (Å²) in [5, 5.41) is 0. The third-order valence-electron chi connectivity index (χ3n) is 6.39. The van der Waals surface area contributed by atoms with Crippen LogP contribution in [0.3, 0.4) is 0 Å². The van der Waals surface area contributed by atoms with Gasteiger partial charge in [-0.2, -0.15) is 0 Å². The lowest BCUT2D eigenvalue weighted by molar-refractivity contribution is 0.133. The Labute approximate surface area is 201 Å². The van der Waals surface area contributed by atoms with Crippen molar-refractivity contribution in [3.8, 4) is 11.3 Å². The first-order chi connectivity index (χ1) is 16.5. The summed E-state index contributed by atoms with van der Waals surface area (Å²) in [6.45, 7) is 8.55. The highest BCUT2D eigenvalue weighted by atomic mass is 19.1. The van der Waals surface area contributed by atoms with Crippen LogP contribution in [0.5, 0.6) is 0 Å². The zero-order valence-corrected chi connectivity index (χ0v) is 20.9. The van der Waals surface area contributed by atoms with Gasteiger partial charge in [-0.15, -0.1) is 0 Å². The first-order valence-electron chi connectivity index (χ1n) is 12.1. The molecule has 2 aliphatic rings. The van der Waals surface area contributed by atoms with Crippen LogP contribution in [-0.4, -0.2) is 58.3 Å². The lowest BCUT2D eigenvalue weighted by Crippen LogP contribution is -2.57. The molecule has 2 aromatic heterocycles. The molecule has 0 N–H and O–H groups in total. The number of nitrogens with zero attached hydrogens (tertiary/aromatic N) is 5. The Bertz CT molecular complexity index is 1080. The maximum atomic E-state index is 14.3. The van der Waals surface area contributed by atoms with Crippen molar-refractivity contribution in [1.29, 1.82) is 0 Å². The van der Waals surface area contributed by atoms with E-state index >= 15 is 0 Å². The zero-order valence-electron chi connectivity index (χ0n) is 20.9. The van der Waals surface area contributed by atoms with Crippen molar-refractivity contribution in [1.82, 2.24) is 19.4 Å². The molecule has 7 nitrogen and oxygen atoms in total. The van der Waals surface area contributed by atoms with Crippen LogP contribution in [0.4, 0.5) is 10.3 Å². The topological polar surface area (TPSA) is 63.5 Å². The maximum absolute atomic E-state index is 14.3. The average Bonchev–Trinajstić information content (AvgIpc) is 3.12. The fourth-order valence-corrected chi connectivity index (χ4v) is 4.58. The second-order valence-electron chi connectivity index (χ2n) is 8.25. The SMILES string of the molecule is CC.CC[C@@H]1CN(c2nc(-c3ccncc3F)cc(=O)n2C)CCN1C1C=CC(OC)=CCC1. The van der Waals surface area contributed by atoms with Gasteiger partial charge in [0.1, 0.15) is 5.76 Å². The quantitative estimate of drug-likeness (QED) is 0.655. The van der Waals surface area contributed by atoms with Crippen LogP contribution in [0.1, 0.15) is 40.0 Å². The van der Waals surface area contributed by atoms with Crippen LogP contribution in [-0.2, 0) is 11.8 Å². The number of hydrogen-bond acceptors (Lipinski definition) is 6. The molecular weight excluding hydrogens is 433 g/mol. The van der Waals surface area contributed by atoms with Gasteiger partial charge in [0.15, 0.2) is 5.82 Å². The molecule has 0 spiro atoms. The molecule has 0 amide bonds. The number of aromatic nitrogens is 3. The molecule has 0 bridgehead atoms. The monoisotopic (exact) mass is 469 g/mol. The molecule has 1 unspecified atom stereocenters. The predicted octanol–water partition coefficient (Wildman–Crippen LogP) is 4.16. The summed E-state index contributed by atoms with van der Waals surface area (Å²) in [4.78, 5) is 25.8. The Balaban J connectivity index is 0.00000158. The van der Waals surface area contributed by atoms with Crippen LogP contribution >= 0.6 is 0 Å². The number of methoxy groups -OCH3 is 1. The Morgan fingerprint density at radius 2 is 2.06 bits per heavy atom. The van der Waals surface area contributed by atoms with E-state index in [0.29, 0.717) is 23.7 Å². The third-order valence-corrected chi connectivity index (χ3v) is 6.39. The lowest BCUT2D eigenvalue weighted by Gasteiger charge is -2.45. The third kappa shape index (κ3) is 5.55. The fraction of sp³-hybridized carbons (Fsp3) is 0.500. The van der Waals surface area contributed by atoms with E-state index in [9.17, 15) is 9.18 Å². The minimum absolute atomic E-state index is 0.207. The van der Waals surface area contributed by atoms with Crippen LogP contribution in [0.2, 0.25) is 0 Å². The normalized spacial score (nSPS) is 20.8. The minimum atomic E-state index is -0.486. The van der Waals surface area contributed by atoms with Gasteiger partial charge in [-0.1, -0.05) is 26.8 Å². The Kier molecular flexibility index (Phi) is 8.98. The standard InChI is InChI=1S/C24H30FN5O2.C2H6/c1-4-17-16-29(12-13-30(17)18-6-5-7-19(32-3)9-8-18)24-27-22(14-23(31)28(24)2)20-10-11-26-15-21(20)25;1-2/h7-11,14-15,17-18H,4-6,12-13,16H2,1-3H3;1-2H3/t17-,18?;/m1./s1. The van der Waals surface area contributed by atoms with Gasteiger partial charge in [0, 0.05) is 56.6 Å². The van der Waals surface area contributed by atoms with E-state index in [2.05, 4.69) is 39.9 Å². The van der Waals surface area contributed by atoms with Gasteiger partial charge in [-0.05, 0) is 37.5 Å². The highest BCUT2D eigenvalue weighted by Gasteiger charge is 2.32. The number of pyridine rings is 1. The summed E-state index contributed by atoms with van der Waals surface area (Å²) in [6, 6.07) is 3.60. The molecule has 8 heteroatoms. The zero-order chi connectivity index (χ0) is 24.7. The van der Waals surface area contributed by atoms with Crippen LogP contribution in [0, 0.1) is 5.82 Å². The summed E-state index contributed by atoms with van der Waals surface area (Å²) < 4.78 is 21.2. The van der Waals surface area contributed by atoms with Crippen LogP contribution in [0.25, 0.3) is 11.3 Å². The van der Waals surface area contributed by atoms with Gasteiger partial charge in [0.2, 0.25) is 5.95 Å². The minimum Gasteiger partial charge on any atom is -0.497 e. The molecule has 1 fully saturated rings.